The first kappa shape index (κ1) is 10.4. The lowest BCUT2D eigenvalue weighted by Gasteiger charge is -2.27. The van der Waals surface area contributed by atoms with Crippen molar-refractivity contribution >= 4 is 0 Å². The summed E-state index contributed by atoms with van der Waals surface area (Å²) >= 11 is 0. The molecule has 1 N–H and O–H groups in total. The highest BCUT2D eigenvalue weighted by molar-refractivity contribution is 5.34. The maximum absolute atomic E-state index is 5.75. The highest BCUT2D eigenvalue weighted by atomic mass is 16.5. The van der Waals surface area contributed by atoms with E-state index in [-0.39, 0.29) is 0 Å². The van der Waals surface area contributed by atoms with Gasteiger partial charge in [-0.15, -0.1) is 0 Å². The number of ether oxygens (including phenoxy) is 1. The van der Waals surface area contributed by atoms with E-state index in [9.17, 15) is 0 Å². The molecule has 1 saturated heterocycles. The van der Waals surface area contributed by atoms with Crippen LogP contribution in [0, 0.1) is 0 Å². The predicted octanol–water partition coefficient (Wildman–Crippen LogP) is 3.17. The lowest BCUT2D eigenvalue weighted by molar-refractivity contribution is 0.446. The normalized spacial score (nSPS) is 15.3. The standard InChI is InChI=1S/C15H15NO/c1-2-4-14(5-3-1)17-15-8-6-12(7-9-15)13-10-16-11-13/h1-9,13,16H,10-11H2. The van der Waals surface area contributed by atoms with Crippen molar-refractivity contribution in [3.8, 4) is 11.5 Å². The molecule has 1 aliphatic rings. The number of hydrogen-bond donors (Lipinski definition) is 1. The maximum atomic E-state index is 5.75. The van der Waals surface area contributed by atoms with E-state index in [0.29, 0.717) is 5.92 Å². The summed E-state index contributed by atoms with van der Waals surface area (Å²) in [6.07, 6.45) is 0. The molecular formula is C15H15NO. The molecule has 2 aromatic rings. The second-order valence-corrected chi connectivity index (χ2v) is 4.34. The third-order valence-corrected chi connectivity index (χ3v) is 3.11. The fourth-order valence-corrected chi connectivity index (χ4v) is 1.96. The average Bonchev–Trinajstić information content (AvgIpc) is 2.31. The van der Waals surface area contributed by atoms with Crippen molar-refractivity contribution in [2.45, 2.75) is 5.92 Å². The van der Waals surface area contributed by atoms with E-state index in [0.717, 1.165) is 24.6 Å². The fraction of sp³-hybridized carbons (Fsp3) is 0.200. The minimum Gasteiger partial charge on any atom is -0.457 e. The van der Waals surface area contributed by atoms with Crippen LogP contribution >= 0.6 is 0 Å². The van der Waals surface area contributed by atoms with E-state index in [2.05, 4.69) is 17.4 Å². The van der Waals surface area contributed by atoms with Gasteiger partial charge in [0.25, 0.3) is 0 Å². The molecule has 86 valence electrons. The van der Waals surface area contributed by atoms with Crippen LogP contribution in [-0.2, 0) is 0 Å². The summed E-state index contributed by atoms with van der Waals surface area (Å²) in [4.78, 5) is 0. The van der Waals surface area contributed by atoms with Crippen molar-refractivity contribution in [1.29, 1.82) is 0 Å². The van der Waals surface area contributed by atoms with Gasteiger partial charge in [0, 0.05) is 19.0 Å². The summed E-state index contributed by atoms with van der Waals surface area (Å²) in [6, 6.07) is 18.3. The van der Waals surface area contributed by atoms with Crippen LogP contribution in [0.1, 0.15) is 11.5 Å². The van der Waals surface area contributed by atoms with Gasteiger partial charge in [-0.2, -0.15) is 0 Å². The number of rotatable bonds is 3. The van der Waals surface area contributed by atoms with Gasteiger partial charge in [-0.3, -0.25) is 0 Å². The Bertz CT molecular complexity index is 474. The van der Waals surface area contributed by atoms with Gasteiger partial charge in [0.05, 0.1) is 0 Å². The molecule has 3 rings (SSSR count). The predicted molar refractivity (Wildman–Crippen MR) is 68.6 cm³/mol. The third-order valence-electron chi connectivity index (χ3n) is 3.11. The molecule has 1 aliphatic heterocycles. The van der Waals surface area contributed by atoms with E-state index in [4.69, 9.17) is 4.74 Å². The van der Waals surface area contributed by atoms with Gasteiger partial charge in [0.2, 0.25) is 0 Å². The third kappa shape index (κ3) is 2.32. The Morgan fingerprint density at radius 2 is 1.47 bits per heavy atom. The van der Waals surface area contributed by atoms with Crippen LogP contribution in [-0.4, -0.2) is 13.1 Å². The first-order valence-corrected chi connectivity index (χ1v) is 5.95. The molecule has 0 atom stereocenters. The van der Waals surface area contributed by atoms with Crippen molar-refractivity contribution in [1.82, 2.24) is 5.32 Å². The Hall–Kier alpha value is -1.80. The van der Waals surface area contributed by atoms with Gasteiger partial charge >= 0.3 is 0 Å². The first-order chi connectivity index (χ1) is 8.42. The molecule has 0 unspecified atom stereocenters. The molecule has 1 fully saturated rings. The monoisotopic (exact) mass is 225 g/mol. The van der Waals surface area contributed by atoms with Crippen LogP contribution in [0.2, 0.25) is 0 Å². The molecule has 2 nitrogen and oxygen atoms in total. The zero-order valence-electron chi connectivity index (χ0n) is 9.60. The summed E-state index contributed by atoms with van der Waals surface area (Å²) in [5.41, 5.74) is 1.39. The van der Waals surface area contributed by atoms with Crippen molar-refractivity contribution in [2.75, 3.05) is 13.1 Å². The van der Waals surface area contributed by atoms with Gasteiger partial charge < -0.3 is 10.1 Å². The molecule has 2 aromatic carbocycles. The van der Waals surface area contributed by atoms with Crippen molar-refractivity contribution in [2.24, 2.45) is 0 Å². The quantitative estimate of drug-likeness (QED) is 0.866. The summed E-state index contributed by atoms with van der Waals surface area (Å²) in [5.74, 6) is 2.46. The number of benzene rings is 2. The molecule has 0 radical (unpaired) electrons. The smallest absolute Gasteiger partial charge is 0.127 e. The maximum Gasteiger partial charge on any atom is 0.127 e. The van der Waals surface area contributed by atoms with E-state index in [1.165, 1.54) is 5.56 Å². The molecule has 0 aromatic heterocycles. The van der Waals surface area contributed by atoms with Gasteiger partial charge in [-0.1, -0.05) is 30.3 Å². The lowest BCUT2D eigenvalue weighted by atomic mass is 9.94. The first-order valence-electron chi connectivity index (χ1n) is 5.95. The topological polar surface area (TPSA) is 21.3 Å². The Kier molecular flexibility index (Phi) is 2.80. The van der Waals surface area contributed by atoms with Gasteiger partial charge in [-0.25, -0.2) is 0 Å². The van der Waals surface area contributed by atoms with Crippen LogP contribution < -0.4 is 10.1 Å². The molecule has 2 heteroatoms. The Morgan fingerprint density at radius 3 is 2.06 bits per heavy atom. The summed E-state index contributed by atoms with van der Waals surface area (Å²) in [5, 5.41) is 3.28. The molecular weight excluding hydrogens is 210 g/mol. The van der Waals surface area contributed by atoms with Gasteiger partial charge in [-0.05, 0) is 29.8 Å². The molecule has 0 amide bonds. The minimum atomic E-state index is 0.681. The van der Waals surface area contributed by atoms with E-state index < -0.39 is 0 Å². The zero-order valence-corrected chi connectivity index (χ0v) is 9.60. The number of hydrogen-bond acceptors (Lipinski definition) is 2. The molecule has 17 heavy (non-hydrogen) atoms. The van der Waals surface area contributed by atoms with Crippen molar-refractivity contribution < 1.29 is 4.74 Å². The molecule has 1 heterocycles. The summed E-state index contributed by atoms with van der Waals surface area (Å²) in [6.45, 7) is 2.19. The SMILES string of the molecule is c1ccc(Oc2ccc(C3CNC3)cc2)cc1. The molecule has 0 aliphatic carbocycles. The Morgan fingerprint density at radius 1 is 0.824 bits per heavy atom. The van der Waals surface area contributed by atoms with Crippen molar-refractivity contribution in [3.63, 3.8) is 0 Å². The van der Waals surface area contributed by atoms with E-state index >= 15 is 0 Å². The second kappa shape index (κ2) is 4.60. The lowest BCUT2D eigenvalue weighted by Crippen LogP contribution is -2.39. The van der Waals surface area contributed by atoms with Crippen LogP contribution in [0.4, 0.5) is 0 Å². The van der Waals surface area contributed by atoms with Crippen molar-refractivity contribution in [3.05, 3.63) is 60.2 Å². The molecule has 0 spiro atoms. The largest absolute Gasteiger partial charge is 0.457 e. The highest BCUT2D eigenvalue weighted by Crippen LogP contribution is 2.25. The zero-order chi connectivity index (χ0) is 11.5. The van der Waals surface area contributed by atoms with Gasteiger partial charge in [0.15, 0.2) is 0 Å². The number of para-hydroxylation sites is 1. The van der Waals surface area contributed by atoms with E-state index in [1.54, 1.807) is 0 Å². The molecule has 0 bridgehead atoms. The van der Waals surface area contributed by atoms with Gasteiger partial charge in [0.1, 0.15) is 11.5 Å². The summed E-state index contributed by atoms with van der Waals surface area (Å²) in [7, 11) is 0. The molecule has 0 saturated carbocycles. The van der Waals surface area contributed by atoms with Crippen LogP contribution in [0.25, 0.3) is 0 Å². The minimum absolute atomic E-state index is 0.681. The average molecular weight is 225 g/mol. The second-order valence-electron chi connectivity index (χ2n) is 4.34. The summed E-state index contributed by atoms with van der Waals surface area (Å²) < 4.78 is 5.75. The van der Waals surface area contributed by atoms with Crippen LogP contribution in [0.3, 0.4) is 0 Å². The fourth-order valence-electron chi connectivity index (χ4n) is 1.96. The van der Waals surface area contributed by atoms with Crippen LogP contribution in [0.5, 0.6) is 11.5 Å². The Balaban J connectivity index is 1.72. The van der Waals surface area contributed by atoms with E-state index in [1.807, 2.05) is 42.5 Å². The Labute approximate surface area is 101 Å². The van der Waals surface area contributed by atoms with Crippen LogP contribution in [0.15, 0.2) is 54.6 Å². The highest BCUT2D eigenvalue weighted by Gasteiger charge is 2.18. The number of nitrogens with one attached hydrogen (secondary N) is 1.